The number of nitrogens with one attached hydrogen (secondary N) is 1. The Balaban J connectivity index is 3.33. The first kappa shape index (κ1) is 15.9. The van der Waals surface area contributed by atoms with Crippen molar-refractivity contribution >= 4 is 25.6 Å². The monoisotopic (exact) mass is 307 g/mol. The van der Waals surface area contributed by atoms with Crippen LogP contribution < -0.4 is 5.32 Å². The van der Waals surface area contributed by atoms with Crippen molar-refractivity contribution in [2.45, 2.75) is 38.1 Å². The number of halogens is 2. The van der Waals surface area contributed by atoms with Crippen LogP contribution in [0.5, 0.6) is 0 Å². The van der Waals surface area contributed by atoms with Gasteiger partial charge >= 0.3 is 0 Å². The van der Waals surface area contributed by atoms with Crippen molar-refractivity contribution in [3.63, 3.8) is 0 Å². The maximum absolute atomic E-state index is 13.7. The first-order valence-corrected chi connectivity index (χ1v) is 7.80. The van der Waals surface area contributed by atoms with Gasteiger partial charge in [0.1, 0.15) is 10.7 Å². The van der Waals surface area contributed by atoms with E-state index in [4.69, 9.17) is 10.7 Å². The zero-order valence-corrected chi connectivity index (χ0v) is 12.6. The van der Waals surface area contributed by atoms with Crippen LogP contribution in [0, 0.1) is 12.7 Å². The molecule has 0 aliphatic heterocycles. The van der Waals surface area contributed by atoms with Gasteiger partial charge in [-0.25, -0.2) is 12.8 Å². The summed E-state index contributed by atoms with van der Waals surface area (Å²) in [6.45, 7) is 6.70. The zero-order valence-electron chi connectivity index (χ0n) is 11.0. The first-order valence-electron chi connectivity index (χ1n) is 5.49. The van der Waals surface area contributed by atoms with Crippen molar-refractivity contribution in [1.82, 2.24) is 5.32 Å². The molecule has 0 unspecified atom stereocenters. The summed E-state index contributed by atoms with van der Waals surface area (Å²) in [6, 6.07) is 2.22. The highest BCUT2D eigenvalue weighted by Gasteiger charge is 2.22. The maximum atomic E-state index is 13.7. The summed E-state index contributed by atoms with van der Waals surface area (Å²) >= 11 is 0. The fraction of sp³-hybridized carbons (Fsp3) is 0.417. The van der Waals surface area contributed by atoms with Gasteiger partial charge in [0.2, 0.25) is 0 Å². The van der Waals surface area contributed by atoms with E-state index in [0.717, 1.165) is 6.07 Å². The van der Waals surface area contributed by atoms with Gasteiger partial charge < -0.3 is 5.32 Å². The fourth-order valence-corrected chi connectivity index (χ4v) is 2.44. The number of benzene rings is 1. The van der Waals surface area contributed by atoms with Crippen molar-refractivity contribution in [3.8, 4) is 0 Å². The number of carbonyl (C=O) groups excluding carboxylic acids is 1. The molecule has 7 heteroatoms. The van der Waals surface area contributed by atoms with Gasteiger partial charge in [-0.2, -0.15) is 0 Å². The van der Waals surface area contributed by atoms with Crippen LogP contribution in [0.2, 0.25) is 0 Å². The summed E-state index contributed by atoms with van der Waals surface area (Å²) in [4.78, 5) is 11.2. The van der Waals surface area contributed by atoms with E-state index in [1.165, 1.54) is 13.0 Å². The molecule has 106 valence electrons. The topological polar surface area (TPSA) is 63.2 Å². The second-order valence-electron chi connectivity index (χ2n) is 5.25. The molecule has 1 N–H and O–H groups in total. The minimum atomic E-state index is -4.24. The molecule has 1 amide bonds. The number of carbonyl (C=O) groups is 1. The Morgan fingerprint density at radius 2 is 1.84 bits per heavy atom. The summed E-state index contributed by atoms with van der Waals surface area (Å²) in [7, 11) is 0.908. The van der Waals surface area contributed by atoms with E-state index in [0.29, 0.717) is 0 Å². The normalized spacial score (nSPS) is 12.3. The highest BCUT2D eigenvalue weighted by atomic mass is 35.7. The maximum Gasteiger partial charge on any atom is 0.264 e. The summed E-state index contributed by atoms with van der Waals surface area (Å²) in [5, 5.41) is 2.66. The van der Waals surface area contributed by atoms with Crippen LogP contribution >= 0.6 is 10.7 Å². The van der Waals surface area contributed by atoms with Crippen molar-refractivity contribution in [1.29, 1.82) is 0 Å². The molecule has 1 rings (SSSR count). The Morgan fingerprint density at radius 3 is 2.26 bits per heavy atom. The molecule has 0 saturated heterocycles. The first-order chi connectivity index (χ1) is 8.42. The van der Waals surface area contributed by atoms with Crippen LogP contribution in [0.3, 0.4) is 0 Å². The van der Waals surface area contributed by atoms with Gasteiger partial charge in [-0.05, 0) is 45.4 Å². The minimum absolute atomic E-state index is 0.0424. The average Bonchev–Trinajstić information content (AvgIpc) is 2.17. The van der Waals surface area contributed by atoms with Gasteiger partial charge in [-0.15, -0.1) is 0 Å². The number of hydrogen-bond donors (Lipinski definition) is 1. The molecule has 0 fully saturated rings. The van der Waals surface area contributed by atoms with Crippen LogP contribution in [-0.4, -0.2) is 19.9 Å². The van der Waals surface area contributed by atoms with Gasteiger partial charge in [-0.3, -0.25) is 4.79 Å². The van der Waals surface area contributed by atoms with Crippen LogP contribution in [-0.2, 0) is 9.05 Å². The molecular formula is C12H15ClFNO3S. The predicted octanol–water partition coefficient (Wildman–Crippen LogP) is 2.59. The minimum Gasteiger partial charge on any atom is -0.347 e. The Hall–Kier alpha value is -1.14. The molecule has 0 atom stereocenters. The number of aryl methyl sites for hydroxylation is 1. The lowest BCUT2D eigenvalue weighted by atomic mass is 10.1. The van der Waals surface area contributed by atoms with Crippen LogP contribution in [0.15, 0.2) is 17.0 Å². The van der Waals surface area contributed by atoms with E-state index in [-0.39, 0.29) is 11.1 Å². The molecule has 0 radical (unpaired) electrons. The summed E-state index contributed by atoms with van der Waals surface area (Å²) in [5.74, 6) is -1.43. The predicted molar refractivity (Wildman–Crippen MR) is 71.4 cm³/mol. The fourth-order valence-electron chi connectivity index (χ4n) is 1.46. The van der Waals surface area contributed by atoms with Gasteiger partial charge in [0.15, 0.2) is 0 Å². The van der Waals surface area contributed by atoms with E-state index >= 15 is 0 Å². The Kier molecular flexibility index (Phi) is 4.27. The molecule has 0 bridgehead atoms. The van der Waals surface area contributed by atoms with Gasteiger partial charge in [0.25, 0.3) is 15.0 Å². The third-order valence-electron chi connectivity index (χ3n) is 2.23. The molecule has 0 aliphatic rings. The average molecular weight is 308 g/mol. The number of rotatable bonds is 2. The van der Waals surface area contributed by atoms with Crippen LogP contribution in [0.4, 0.5) is 4.39 Å². The molecule has 0 saturated carbocycles. The summed E-state index contributed by atoms with van der Waals surface area (Å²) in [5.41, 5.74) is -0.395. The largest absolute Gasteiger partial charge is 0.347 e. The van der Waals surface area contributed by atoms with Gasteiger partial charge in [-0.1, -0.05) is 0 Å². The lowest BCUT2D eigenvalue weighted by Crippen LogP contribution is -2.40. The molecule has 0 heterocycles. The second kappa shape index (κ2) is 5.09. The SMILES string of the molecule is Cc1cc(C(=O)NC(C)(C)C)cc(S(=O)(=O)Cl)c1F. The molecule has 0 aliphatic carbocycles. The molecule has 0 aromatic heterocycles. The van der Waals surface area contributed by atoms with Crippen molar-refractivity contribution in [2.24, 2.45) is 0 Å². The molecule has 1 aromatic rings. The molecule has 1 aromatic carbocycles. The third kappa shape index (κ3) is 4.18. The second-order valence-corrected chi connectivity index (χ2v) is 7.78. The molecule has 4 nitrogen and oxygen atoms in total. The van der Waals surface area contributed by atoms with Crippen LogP contribution in [0.1, 0.15) is 36.7 Å². The molecule has 19 heavy (non-hydrogen) atoms. The Morgan fingerprint density at radius 1 is 1.32 bits per heavy atom. The molecule has 0 spiro atoms. The van der Waals surface area contributed by atoms with Crippen molar-refractivity contribution in [3.05, 3.63) is 29.1 Å². The number of hydrogen-bond acceptors (Lipinski definition) is 3. The highest BCUT2D eigenvalue weighted by molar-refractivity contribution is 8.13. The van der Waals surface area contributed by atoms with Gasteiger partial charge in [0, 0.05) is 21.8 Å². The third-order valence-corrected chi connectivity index (χ3v) is 3.56. The van der Waals surface area contributed by atoms with E-state index in [1.54, 1.807) is 20.8 Å². The smallest absolute Gasteiger partial charge is 0.264 e. The quantitative estimate of drug-likeness (QED) is 0.854. The highest BCUT2D eigenvalue weighted by Crippen LogP contribution is 2.23. The lowest BCUT2D eigenvalue weighted by molar-refractivity contribution is 0.0919. The van der Waals surface area contributed by atoms with Gasteiger partial charge in [0.05, 0.1) is 0 Å². The summed E-state index contributed by atoms with van der Waals surface area (Å²) < 4.78 is 36.2. The van der Waals surface area contributed by atoms with Crippen molar-refractivity contribution in [2.75, 3.05) is 0 Å². The van der Waals surface area contributed by atoms with E-state index in [1.807, 2.05) is 0 Å². The van der Waals surface area contributed by atoms with E-state index in [9.17, 15) is 17.6 Å². The van der Waals surface area contributed by atoms with Crippen LogP contribution in [0.25, 0.3) is 0 Å². The molecular weight excluding hydrogens is 293 g/mol. The number of amides is 1. The Bertz CT molecular complexity index is 621. The Labute approximate surface area is 116 Å². The van der Waals surface area contributed by atoms with Crippen molar-refractivity contribution < 1.29 is 17.6 Å². The van der Waals surface area contributed by atoms with E-state index in [2.05, 4.69) is 5.32 Å². The standard InChI is InChI=1S/C12H15ClFNO3S/c1-7-5-8(11(16)15-12(2,3)4)6-9(10(7)14)19(13,17)18/h5-6H,1-4H3,(H,15,16). The van der Waals surface area contributed by atoms with E-state index < -0.39 is 31.2 Å². The summed E-state index contributed by atoms with van der Waals surface area (Å²) in [6.07, 6.45) is 0. The zero-order chi connectivity index (χ0) is 15.0. The lowest BCUT2D eigenvalue weighted by Gasteiger charge is -2.20.